The van der Waals surface area contributed by atoms with Gasteiger partial charge in [0.2, 0.25) is 0 Å². The van der Waals surface area contributed by atoms with Crippen LogP contribution in [0.5, 0.6) is 0 Å². The smallest absolute Gasteiger partial charge is 0.152 e. The number of nitrogens with zero attached hydrogens (tertiary/aromatic N) is 1. The number of thiophene rings is 1. The van der Waals surface area contributed by atoms with Crippen molar-refractivity contribution in [3.8, 4) is 10.6 Å². The second kappa shape index (κ2) is 5.65. The Morgan fingerprint density at radius 2 is 2.14 bits per heavy atom. The van der Waals surface area contributed by atoms with Crippen LogP contribution in [-0.2, 0) is 6.54 Å². The number of aryl methyl sites for hydroxylation is 1. The number of anilines is 1. The fraction of sp³-hybridized carbons (Fsp3) is 0.133. The van der Waals surface area contributed by atoms with Crippen LogP contribution in [-0.4, -0.2) is 10.2 Å². The third-order valence-corrected chi connectivity index (χ3v) is 4.11. The molecule has 2 N–H and O–H groups in total. The number of halogens is 2. The van der Waals surface area contributed by atoms with Gasteiger partial charge in [0.15, 0.2) is 5.82 Å². The third-order valence-electron chi connectivity index (χ3n) is 3.23. The Morgan fingerprint density at radius 1 is 1.29 bits per heavy atom. The van der Waals surface area contributed by atoms with Crippen molar-refractivity contribution in [1.29, 1.82) is 0 Å². The first-order valence-electron chi connectivity index (χ1n) is 6.41. The Morgan fingerprint density at radius 3 is 2.90 bits per heavy atom. The van der Waals surface area contributed by atoms with Crippen LogP contribution in [0.4, 0.5) is 14.5 Å². The first kappa shape index (κ1) is 13.8. The minimum Gasteiger partial charge on any atom is -0.376 e. The maximum Gasteiger partial charge on any atom is 0.152 e. The standard InChI is InChI=1S/C15H13F2N3S/c1-9-4-5-11(16)15(13(9)17)18-7-10-8-19-20-14(10)12-3-2-6-21-12/h2-6,8,18H,7H2,1H3,(H,19,20). The molecule has 0 fully saturated rings. The van der Waals surface area contributed by atoms with E-state index in [1.807, 2.05) is 17.5 Å². The summed E-state index contributed by atoms with van der Waals surface area (Å²) >= 11 is 1.58. The first-order valence-corrected chi connectivity index (χ1v) is 7.29. The molecule has 0 unspecified atom stereocenters. The highest BCUT2D eigenvalue weighted by Crippen LogP contribution is 2.27. The molecule has 0 spiro atoms. The molecule has 2 heterocycles. The molecule has 3 rings (SSSR count). The molecule has 108 valence electrons. The van der Waals surface area contributed by atoms with Gasteiger partial charge in [-0.15, -0.1) is 11.3 Å². The summed E-state index contributed by atoms with van der Waals surface area (Å²) in [5, 5.41) is 11.7. The quantitative estimate of drug-likeness (QED) is 0.753. The van der Waals surface area contributed by atoms with E-state index < -0.39 is 11.6 Å². The SMILES string of the molecule is Cc1ccc(F)c(NCc2cn[nH]c2-c2cccs2)c1F. The second-order valence-corrected chi connectivity index (χ2v) is 5.60. The van der Waals surface area contributed by atoms with E-state index in [1.165, 1.54) is 12.1 Å². The Hall–Kier alpha value is -2.21. The van der Waals surface area contributed by atoms with Gasteiger partial charge in [-0.2, -0.15) is 5.10 Å². The van der Waals surface area contributed by atoms with Crippen molar-refractivity contribution in [2.24, 2.45) is 0 Å². The number of nitrogens with one attached hydrogen (secondary N) is 2. The van der Waals surface area contributed by atoms with Gasteiger partial charge in [0.25, 0.3) is 0 Å². The predicted octanol–water partition coefficient (Wildman–Crippen LogP) is 4.34. The molecule has 0 atom stereocenters. The summed E-state index contributed by atoms with van der Waals surface area (Å²) in [6.07, 6.45) is 1.66. The van der Waals surface area contributed by atoms with Crippen LogP contribution in [0.1, 0.15) is 11.1 Å². The molecule has 0 aliphatic heterocycles. The zero-order valence-electron chi connectivity index (χ0n) is 11.3. The van der Waals surface area contributed by atoms with Gasteiger partial charge in [-0.25, -0.2) is 8.78 Å². The normalized spacial score (nSPS) is 10.8. The number of aromatic nitrogens is 2. The molecule has 6 heteroatoms. The van der Waals surface area contributed by atoms with E-state index in [9.17, 15) is 8.78 Å². The van der Waals surface area contributed by atoms with Crippen LogP contribution >= 0.6 is 11.3 Å². The van der Waals surface area contributed by atoms with E-state index in [0.29, 0.717) is 12.1 Å². The lowest BCUT2D eigenvalue weighted by molar-refractivity contribution is 0.582. The van der Waals surface area contributed by atoms with Gasteiger partial charge in [-0.1, -0.05) is 12.1 Å². The first-order chi connectivity index (χ1) is 10.2. The van der Waals surface area contributed by atoms with Gasteiger partial charge >= 0.3 is 0 Å². The Kier molecular flexibility index (Phi) is 3.70. The van der Waals surface area contributed by atoms with Gasteiger partial charge in [-0.3, -0.25) is 5.10 Å². The second-order valence-electron chi connectivity index (χ2n) is 4.65. The summed E-state index contributed by atoms with van der Waals surface area (Å²) in [6.45, 7) is 1.90. The number of H-pyrrole nitrogens is 1. The summed E-state index contributed by atoms with van der Waals surface area (Å²) in [5.74, 6) is -1.16. The molecule has 0 aliphatic rings. The van der Waals surface area contributed by atoms with Crippen molar-refractivity contribution in [3.63, 3.8) is 0 Å². The molecular formula is C15H13F2N3S. The van der Waals surface area contributed by atoms with Crippen molar-refractivity contribution >= 4 is 17.0 Å². The van der Waals surface area contributed by atoms with E-state index in [-0.39, 0.29) is 5.69 Å². The number of rotatable bonds is 4. The van der Waals surface area contributed by atoms with E-state index in [1.54, 1.807) is 24.5 Å². The lowest BCUT2D eigenvalue weighted by atomic mass is 10.1. The van der Waals surface area contributed by atoms with Crippen molar-refractivity contribution in [1.82, 2.24) is 10.2 Å². The van der Waals surface area contributed by atoms with Crippen LogP contribution in [0.2, 0.25) is 0 Å². The molecule has 21 heavy (non-hydrogen) atoms. The molecule has 1 aromatic carbocycles. The molecule has 0 radical (unpaired) electrons. The van der Waals surface area contributed by atoms with E-state index in [0.717, 1.165) is 16.1 Å². The van der Waals surface area contributed by atoms with Crippen LogP contribution < -0.4 is 5.32 Å². The molecular weight excluding hydrogens is 292 g/mol. The summed E-state index contributed by atoms with van der Waals surface area (Å²) in [5.41, 5.74) is 2.03. The average molecular weight is 305 g/mol. The Labute approximate surface area is 124 Å². The maximum atomic E-state index is 13.9. The van der Waals surface area contributed by atoms with Gasteiger partial charge < -0.3 is 5.32 Å². The number of hydrogen-bond donors (Lipinski definition) is 2. The molecule has 0 saturated heterocycles. The molecule has 0 amide bonds. The molecule has 3 aromatic rings. The van der Waals surface area contributed by atoms with Gasteiger partial charge in [0, 0.05) is 12.1 Å². The summed E-state index contributed by atoms with van der Waals surface area (Å²) in [6, 6.07) is 6.59. The zero-order chi connectivity index (χ0) is 14.8. The fourth-order valence-electron chi connectivity index (χ4n) is 2.08. The van der Waals surface area contributed by atoms with Crippen molar-refractivity contribution in [3.05, 3.63) is 58.6 Å². The van der Waals surface area contributed by atoms with E-state index in [4.69, 9.17) is 0 Å². The lowest BCUT2D eigenvalue weighted by Gasteiger charge is -2.10. The van der Waals surface area contributed by atoms with E-state index >= 15 is 0 Å². The van der Waals surface area contributed by atoms with E-state index in [2.05, 4.69) is 15.5 Å². The molecule has 2 aromatic heterocycles. The minimum atomic E-state index is -0.598. The summed E-state index contributed by atoms with van der Waals surface area (Å²) in [7, 11) is 0. The molecule has 3 nitrogen and oxygen atoms in total. The highest BCUT2D eigenvalue weighted by atomic mass is 32.1. The molecule has 0 aliphatic carbocycles. The highest BCUT2D eigenvalue weighted by Gasteiger charge is 2.13. The van der Waals surface area contributed by atoms with Gasteiger partial charge in [0.1, 0.15) is 11.5 Å². The van der Waals surface area contributed by atoms with Crippen molar-refractivity contribution < 1.29 is 8.78 Å². The lowest BCUT2D eigenvalue weighted by Crippen LogP contribution is -2.05. The van der Waals surface area contributed by atoms with Crippen LogP contribution in [0.3, 0.4) is 0 Å². The monoisotopic (exact) mass is 305 g/mol. The number of benzene rings is 1. The Bertz CT molecular complexity index is 750. The predicted molar refractivity (Wildman–Crippen MR) is 80.3 cm³/mol. The third kappa shape index (κ3) is 2.67. The summed E-state index contributed by atoms with van der Waals surface area (Å²) in [4.78, 5) is 1.04. The van der Waals surface area contributed by atoms with Crippen LogP contribution in [0.15, 0.2) is 35.8 Å². The van der Waals surface area contributed by atoms with Crippen LogP contribution in [0, 0.1) is 18.6 Å². The van der Waals surface area contributed by atoms with Crippen molar-refractivity contribution in [2.45, 2.75) is 13.5 Å². The highest BCUT2D eigenvalue weighted by molar-refractivity contribution is 7.13. The molecule has 0 saturated carbocycles. The largest absolute Gasteiger partial charge is 0.376 e. The zero-order valence-corrected chi connectivity index (χ0v) is 12.1. The topological polar surface area (TPSA) is 40.7 Å². The number of aromatic amines is 1. The minimum absolute atomic E-state index is 0.103. The number of hydrogen-bond acceptors (Lipinski definition) is 3. The summed E-state index contributed by atoms with van der Waals surface area (Å²) < 4.78 is 27.7. The van der Waals surface area contributed by atoms with Gasteiger partial charge in [-0.05, 0) is 30.0 Å². The van der Waals surface area contributed by atoms with Crippen molar-refractivity contribution in [2.75, 3.05) is 5.32 Å². The maximum absolute atomic E-state index is 13.9. The van der Waals surface area contributed by atoms with Gasteiger partial charge in [0.05, 0.1) is 16.8 Å². The Balaban J connectivity index is 1.84. The van der Waals surface area contributed by atoms with Crippen LogP contribution in [0.25, 0.3) is 10.6 Å². The molecule has 0 bridgehead atoms. The average Bonchev–Trinajstić information content (AvgIpc) is 3.13. The fourth-order valence-corrected chi connectivity index (χ4v) is 2.84.